The number of carbonyl (C=O) groups is 1. The van der Waals surface area contributed by atoms with Gasteiger partial charge >= 0.3 is 6.18 Å². The molecule has 20 heavy (non-hydrogen) atoms. The van der Waals surface area contributed by atoms with Gasteiger partial charge in [-0.15, -0.1) is 10.2 Å². The second-order valence-electron chi connectivity index (χ2n) is 5.52. The SMILES string of the molecule is O=C(NC1(C(F)(F)F)CCC1)C1=C2C=C3CC3=C2N=N1. The fourth-order valence-corrected chi connectivity index (χ4v) is 2.83. The number of hydrogen-bond acceptors (Lipinski definition) is 3. The summed E-state index contributed by atoms with van der Waals surface area (Å²) in [6.07, 6.45) is -1.47. The zero-order chi connectivity index (χ0) is 14.1. The molecule has 4 rings (SSSR count). The third-order valence-corrected chi connectivity index (χ3v) is 4.31. The van der Waals surface area contributed by atoms with E-state index in [1.54, 1.807) is 6.08 Å². The third kappa shape index (κ3) is 1.40. The number of fused-ring (bicyclic) bond motifs is 2. The van der Waals surface area contributed by atoms with Gasteiger partial charge in [0, 0.05) is 12.0 Å². The van der Waals surface area contributed by atoms with Crippen molar-refractivity contribution in [3.8, 4) is 0 Å². The summed E-state index contributed by atoms with van der Waals surface area (Å²) in [6, 6.07) is 0. The molecule has 4 aliphatic rings. The highest BCUT2D eigenvalue weighted by Crippen LogP contribution is 2.52. The van der Waals surface area contributed by atoms with Crippen LogP contribution in [0.5, 0.6) is 0 Å². The van der Waals surface area contributed by atoms with Gasteiger partial charge in [-0.2, -0.15) is 13.2 Å². The Morgan fingerprint density at radius 1 is 1.30 bits per heavy atom. The molecular formula is C13H10F3N3O. The maximum absolute atomic E-state index is 13.0. The first-order chi connectivity index (χ1) is 9.41. The number of nitrogens with zero attached hydrogens (tertiary/aromatic N) is 2. The summed E-state index contributed by atoms with van der Waals surface area (Å²) in [6.45, 7) is 0. The predicted molar refractivity (Wildman–Crippen MR) is 62.4 cm³/mol. The second-order valence-corrected chi connectivity index (χ2v) is 5.52. The standard InChI is InChI=1S/C13H10F3N3O/c14-13(15,16)12(2-1-3-12)17-11(20)10-8-5-6-4-7(6)9(8)18-19-10/h5H,1-4H2,(H,17,20). The quantitative estimate of drug-likeness (QED) is 0.831. The van der Waals surface area contributed by atoms with Gasteiger partial charge in [-0.3, -0.25) is 4.79 Å². The highest BCUT2D eigenvalue weighted by Gasteiger charge is 2.59. The first kappa shape index (κ1) is 11.9. The van der Waals surface area contributed by atoms with Crippen LogP contribution in [0.25, 0.3) is 0 Å². The lowest BCUT2D eigenvalue weighted by Gasteiger charge is -2.43. The summed E-state index contributed by atoms with van der Waals surface area (Å²) in [5, 5.41) is 9.77. The molecule has 0 spiro atoms. The summed E-state index contributed by atoms with van der Waals surface area (Å²) in [5.41, 5.74) is 1.30. The zero-order valence-corrected chi connectivity index (χ0v) is 10.3. The van der Waals surface area contributed by atoms with Gasteiger partial charge in [0.25, 0.3) is 5.91 Å². The van der Waals surface area contributed by atoms with Gasteiger partial charge < -0.3 is 5.32 Å². The molecule has 3 aliphatic carbocycles. The minimum Gasteiger partial charge on any atom is -0.336 e. The normalized spacial score (nSPS) is 25.2. The van der Waals surface area contributed by atoms with E-state index in [0.29, 0.717) is 17.7 Å². The van der Waals surface area contributed by atoms with Crippen LogP contribution in [-0.4, -0.2) is 17.6 Å². The van der Waals surface area contributed by atoms with Crippen LogP contribution in [0.1, 0.15) is 25.7 Å². The Morgan fingerprint density at radius 2 is 2.05 bits per heavy atom. The number of allylic oxidation sites excluding steroid dienone is 3. The van der Waals surface area contributed by atoms with E-state index in [1.165, 1.54) is 0 Å². The molecule has 0 unspecified atom stereocenters. The molecule has 4 nitrogen and oxygen atoms in total. The molecule has 7 heteroatoms. The molecule has 1 amide bonds. The van der Waals surface area contributed by atoms with Gasteiger partial charge in [-0.25, -0.2) is 0 Å². The topological polar surface area (TPSA) is 53.8 Å². The number of rotatable bonds is 2. The van der Waals surface area contributed by atoms with Crippen molar-refractivity contribution in [2.45, 2.75) is 37.4 Å². The lowest BCUT2D eigenvalue weighted by atomic mass is 9.76. The van der Waals surface area contributed by atoms with Crippen LogP contribution in [0.15, 0.2) is 44.4 Å². The molecule has 0 saturated heterocycles. The molecule has 0 aromatic carbocycles. The maximum atomic E-state index is 13.0. The van der Waals surface area contributed by atoms with Crippen LogP contribution in [0.2, 0.25) is 0 Å². The Labute approximate surface area is 112 Å². The minimum absolute atomic E-state index is 0.00252. The van der Waals surface area contributed by atoms with Gasteiger partial charge in [-0.1, -0.05) is 0 Å². The number of carbonyl (C=O) groups excluding carboxylic acids is 1. The van der Waals surface area contributed by atoms with E-state index in [1.807, 2.05) is 0 Å². The average Bonchev–Trinajstić information content (AvgIpc) is 2.79. The van der Waals surface area contributed by atoms with Gasteiger partial charge in [0.2, 0.25) is 0 Å². The molecule has 2 fully saturated rings. The van der Waals surface area contributed by atoms with Crippen molar-refractivity contribution in [3.05, 3.63) is 34.2 Å². The largest absolute Gasteiger partial charge is 0.411 e. The van der Waals surface area contributed by atoms with E-state index in [-0.39, 0.29) is 18.5 Å². The fourth-order valence-electron chi connectivity index (χ4n) is 2.83. The van der Waals surface area contributed by atoms with Crippen LogP contribution < -0.4 is 5.32 Å². The van der Waals surface area contributed by atoms with Gasteiger partial charge in [-0.05, 0) is 36.5 Å². The third-order valence-electron chi connectivity index (χ3n) is 4.31. The minimum atomic E-state index is -4.43. The van der Waals surface area contributed by atoms with E-state index in [0.717, 1.165) is 17.6 Å². The summed E-state index contributed by atoms with van der Waals surface area (Å²) in [5.74, 6) is -0.783. The van der Waals surface area contributed by atoms with Crippen molar-refractivity contribution in [1.29, 1.82) is 0 Å². The van der Waals surface area contributed by atoms with E-state index < -0.39 is 17.6 Å². The maximum Gasteiger partial charge on any atom is 0.411 e. The zero-order valence-electron chi connectivity index (χ0n) is 10.3. The number of halogens is 3. The first-order valence-corrected chi connectivity index (χ1v) is 6.41. The Hall–Kier alpha value is -1.92. The van der Waals surface area contributed by atoms with Gasteiger partial charge in [0.15, 0.2) is 5.70 Å². The van der Waals surface area contributed by atoms with Crippen molar-refractivity contribution >= 4 is 5.91 Å². The van der Waals surface area contributed by atoms with Crippen molar-refractivity contribution in [2.75, 3.05) is 0 Å². The molecule has 1 heterocycles. The second kappa shape index (κ2) is 3.39. The van der Waals surface area contributed by atoms with E-state index >= 15 is 0 Å². The Bertz CT molecular complexity index is 663. The van der Waals surface area contributed by atoms with Crippen LogP contribution in [-0.2, 0) is 4.79 Å². The molecule has 0 radical (unpaired) electrons. The highest BCUT2D eigenvalue weighted by atomic mass is 19.4. The number of hydrogen-bond donors (Lipinski definition) is 1. The number of alkyl halides is 3. The molecule has 0 atom stereocenters. The van der Waals surface area contributed by atoms with Crippen LogP contribution in [0.3, 0.4) is 0 Å². The van der Waals surface area contributed by atoms with E-state index in [4.69, 9.17) is 0 Å². The van der Waals surface area contributed by atoms with Crippen LogP contribution in [0, 0.1) is 0 Å². The number of nitrogens with one attached hydrogen (secondary N) is 1. The summed E-state index contributed by atoms with van der Waals surface area (Å²) in [7, 11) is 0. The molecule has 104 valence electrons. The summed E-state index contributed by atoms with van der Waals surface area (Å²) in [4.78, 5) is 12.1. The molecule has 0 bridgehead atoms. The molecule has 0 aromatic rings. The Morgan fingerprint density at radius 3 is 2.65 bits per heavy atom. The van der Waals surface area contributed by atoms with Crippen LogP contribution in [0.4, 0.5) is 13.2 Å². The van der Waals surface area contributed by atoms with Gasteiger partial charge in [0.1, 0.15) is 5.54 Å². The number of azo groups is 1. The van der Waals surface area contributed by atoms with Crippen molar-refractivity contribution < 1.29 is 18.0 Å². The predicted octanol–water partition coefficient (Wildman–Crippen LogP) is 2.91. The van der Waals surface area contributed by atoms with E-state index in [9.17, 15) is 18.0 Å². The summed E-state index contributed by atoms with van der Waals surface area (Å²) >= 11 is 0. The summed E-state index contributed by atoms with van der Waals surface area (Å²) < 4.78 is 39.1. The van der Waals surface area contributed by atoms with E-state index in [2.05, 4.69) is 15.5 Å². The fraction of sp³-hybridized carbons (Fsp3) is 0.462. The lowest BCUT2D eigenvalue weighted by molar-refractivity contribution is -0.218. The average molecular weight is 281 g/mol. The molecule has 0 aromatic heterocycles. The monoisotopic (exact) mass is 281 g/mol. The Kier molecular flexibility index (Phi) is 2.01. The molecular weight excluding hydrogens is 271 g/mol. The Balaban J connectivity index is 1.61. The molecule has 1 aliphatic heterocycles. The molecule has 2 saturated carbocycles. The smallest absolute Gasteiger partial charge is 0.336 e. The van der Waals surface area contributed by atoms with Crippen molar-refractivity contribution in [1.82, 2.24) is 5.32 Å². The van der Waals surface area contributed by atoms with Crippen LogP contribution >= 0.6 is 0 Å². The lowest BCUT2D eigenvalue weighted by Crippen LogP contribution is -2.63. The van der Waals surface area contributed by atoms with Crippen molar-refractivity contribution in [3.63, 3.8) is 0 Å². The van der Waals surface area contributed by atoms with Gasteiger partial charge in [0.05, 0.1) is 5.70 Å². The highest BCUT2D eigenvalue weighted by molar-refractivity contribution is 5.97. The van der Waals surface area contributed by atoms with Crippen molar-refractivity contribution in [2.24, 2.45) is 10.2 Å². The number of amides is 1. The first-order valence-electron chi connectivity index (χ1n) is 6.41. The molecule has 1 N–H and O–H groups in total.